The number of hydrogen-bond acceptors (Lipinski definition) is 8. The van der Waals surface area contributed by atoms with Gasteiger partial charge in [-0.3, -0.25) is 5.01 Å². The van der Waals surface area contributed by atoms with Crippen LogP contribution in [0.25, 0.3) is 22.7 Å². The third-order valence-corrected chi connectivity index (χ3v) is 6.20. The zero-order valence-corrected chi connectivity index (χ0v) is 19.6. The molecule has 1 aliphatic heterocycles. The molecule has 2 aromatic heterocycles. The Bertz CT molecular complexity index is 1090. The molecule has 8 heteroatoms. The van der Waals surface area contributed by atoms with E-state index in [9.17, 15) is 5.11 Å². The van der Waals surface area contributed by atoms with Crippen molar-refractivity contribution in [2.24, 2.45) is 0 Å². The third-order valence-electron chi connectivity index (χ3n) is 6.20. The average Bonchev–Trinajstić information content (AvgIpc) is 3.18. The van der Waals surface area contributed by atoms with E-state index in [4.69, 9.17) is 9.15 Å². The van der Waals surface area contributed by atoms with Crippen molar-refractivity contribution in [3.8, 4) is 34.2 Å². The Kier molecular flexibility index (Phi) is 5.81. The van der Waals surface area contributed by atoms with Crippen LogP contribution in [0.1, 0.15) is 45.8 Å². The molecule has 8 nitrogen and oxygen atoms in total. The van der Waals surface area contributed by atoms with Gasteiger partial charge in [0.1, 0.15) is 22.8 Å². The van der Waals surface area contributed by atoms with E-state index in [2.05, 4.69) is 46.0 Å². The van der Waals surface area contributed by atoms with Gasteiger partial charge in [0.05, 0.1) is 19.0 Å². The zero-order chi connectivity index (χ0) is 23.0. The minimum absolute atomic E-state index is 0.0260. The Morgan fingerprint density at radius 2 is 2.00 bits per heavy atom. The Hall–Kier alpha value is -3.13. The van der Waals surface area contributed by atoms with Crippen LogP contribution in [0.2, 0.25) is 0 Å². The van der Waals surface area contributed by atoms with Gasteiger partial charge in [-0.25, -0.2) is 9.99 Å². The van der Waals surface area contributed by atoms with Crippen molar-refractivity contribution in [3.63, 3.8) is 0 Å². The van der Waals surface area contributed by atoms with Gasteiger partial charge < -0.3 is 14.3 Å². The van der Waals surface area contributed by atoms with Crippen molar-refractivity contribution in [1.82, 2.24) is 20.2 Å². The van der Waals surface area contributed by atoms with E-state index in [1.807, 2.05) is 19.2 Å². The fourth-order valence-electron chi connectivity index (χ4n) is 4.78. The van der Waals surface area contributed by atoms with Crippen molar-refractivity contribution in [1.29, 1.82) is 0 Å². The predicted molar refractivity (Wildman–Crippen MR) is 124 cm³/mol. The molecule has 3 aromatic rings. The maximum absolute atomic E-state index is 10.5. The number of methoxy groups -OCH3 is 1. The number of benzene rings is 1. The summed E-state index contributed by atoms with van der Waals surface area (Å²) in [6.07, 6.45) is 5.14. The molecule has 0 saturated carbocycles. The summed E-state index contributed by atoms with van der Waals surface area (Å²) in [4.78, 5) is 4.25. The van der Waals surface area contributed by atoms with Crippen LogP contribution in [0.3, 0.4) is 0 Å². The summed E-state index contributed by atoms with van der Waals surface area (Å²) < 4.78 is 11.3. The molecule has 32 heavy (non-hydrogen) atoms. The number of hydrogen-bond donors (Lipinski definition) is 1. The zero-order valence-electron chi connectivity index (χ0n) is 19.6. The summed E-state index contributed by atoms with van der Waals surface area (Å²) in [5.41, 5.74) is 1.78. The molecule has 1 saturated heterocycles. The second-order valence-electron chi connectivity index (χ2n) is 9.02. The standard InChI is InChI=1S/C24H31N5O3/c1-15-8-7-13-24(3,4)29(15)28(5)20-12-10-18(26-27-20)17-9-11-19(30)21(22(17)31-6)23-25-14-16(2)32-23/h9-12,14-15,30H,7-8,13H2,1-6H3. The summed E-state index contributed by atoms with van der Waals surface area (Å²) in [6, 6.07) is 7.65. The van der Waals surface area contributed by atoms with Crippen LogP contribution < -0.4 is 9.75 Å². The molecule has 1 aromatic carbocycles. The Morgan fingerprint density at radius 1 is 1.22 bits per heavy atom. The van der Waals surface area contributed by atoms with Gasteiger partial charge in [0.2, 0.25) is 5.89 Å². The monoisotopic (exact) mass is 437 g/mol. The number of piperidine rings is 1. The van der Waals surface area contributed by atoms with Gasteiger partial charge in [0.25, 0.3) is 0 Å². The summed E-state index contributed by atoms with van der Waals surface area (Å²) in [5.74, 6) is 2.18. The highest BCUT2D eigenvalue weighted by Gasteiger charge is 2.37. The van der Waals surface area contributed by atoms with Crippen molar-refractivity contribution < 1.29 is 14.3 Å². The van der Waals surface area contributed by atoms with Gasteiger partial charge in [0.15, 0.2) is 5.82 Å². The third kappa shape index (κ3) is 3.90. The molecule has 0 spiro atoms. The number of ether oxygens (including phenoxy) is 1. The maximum atomic E-state index is 10.5. The van der Waals surface area contributed by atoms with Crippen LogP contribution in [-0.2, 0) is 0 Å². The van der Waals surface area contributed by atoms with E-state index >= 15 is 0 Å². The first kappa shape index (κ1) is 22.1. The maximum Gasteiger partial charge on any atom is 0.233 e. The topological polar surface area (TPSA) is 87.8 Å². The van der Waals surface area contributed by atoms with Gasteiger partial charge in [-0.05, 0) is 71.2 Å². The number of hydrazine groups is 1. The number of aromatic nitrogens is 3. The van der Waals surface area contributed by atoms with Gasteiger partial charge in [-0.1, -0.05) is 0 Å². The molecule has 170 valence electrons. The Morgan fingerprint density at radius 3 is 2.59 bits per heavy atom. The van der Waals surface area contributed by atoms with Crippen molar-refractivity contribution >= 4 is 5.82 Å². The molecule has 1 aliphatic rings. The average molecular weight is 438 g/mol. The fourth-order valence-corrected chi connectivity index (χ4v) is 4.78. The Balaban J connectivity index is 1.69. The van der Waals surface area contributed by atoms with Gasteiger partial charge in [-0.2, -0.15) is 0 Å². The summed E-state index contributed by atoms with van der Waals surface area (Å²) in [7, 11) is 3.59. The summed E-state index contributed by atoms with van der Waals surface area (Å²) >= 11 is 0. The number of oxazole rings is 1. The first-order valence-electron chi connectivity index (χ1n) is 10.9. The quantitative estimate of drug-likeness (QED) is 0.607. The van der Waals surface area contributed by atoms with Crippen LogP contribution >= 0.6 is 0 Å². The molecule has 1 atom stereocenters. The number of anilines is 1. The lowest BCUT2D eigenvalue weighted by molar-refractivity contribution is 0.0243. The lowest BCUT2D eigenvalue weighted by Gasteiger charge is -2.50. The Labute approximate surface area is 188 Å². The van der Waals surface area contributed by atoms with Gasteiger partial charge >= 0.3 is 0 Å². The number of phenolic OH excluding ortho intramolecular Hbond substituents is 1. The number of aromatic hydroxyl groups is 1. The molecule has 0 radical (unpaired) electrons. The molecule has 4 rings (SSSR count). The van der Waals surface area contributed by atoms with Crippen molar-refractivity contribution in [2.45, 2.75) is 58.5 Å². The normalized spacial score (nSPS) is 18.5. The van der Waals surface area contributed by atoms with E-state index in [0.717, 1.165) is 18.7 Å². The number of nitrogens with zero attached hydrogens (tertiary/aromatic N) is 5. The number of phenols is 1. The smallest absolute Gasteiger partial charge is 0.233 e. The lowest BCUT2D eigenvalue weighted by atomic mass is 9.88. The van der Waals surface area contributed by atoms with Crippen molar-refractivity contribution in [2.75, 3.05) is 19.2 Å². The van der Waals surface area contributed by atoms with Crippen LogP contribution in [-0.4, -0.2) is 51.0 Å². The molecule has 0 bridgehead atoms. The highest BCUT2D eigenvalue weighted by molar-refractivity contribution is 5.82. The number of aryl methyl sites for hydroxylation is 1. The number of rotatable bonds is 5. The minimum Gasteiger partial charge on any atom is -0.507 e. The fraction of sp³-hybridized carbons (Fsp3) is 0.458. The second-order valence-corrected chi connectivity index (χ2v) is 9.02. The molecular formula is C24H31N5O3. The van der Waals surface area contributed by atoms with Crippen molar-refractivity contribution in [3.05, 3.63) is 36.2 Å². The van der Waals surface area contributed by atoms with E-state index in [1.54, 1.807) is 32.4 Å². The lowest BCUT2D eigenvalue weighted by Crippen LogP contribution is -2.59. The molecular weight excluding hydrogens is 406 g/mol. The van der Waals surface area contributed by atoms with Crippen LogP contribution in [0, 0.1) is 6.92 Å². The van der Waals surface area contributed by atoms with E-state index in [1.165, 1.54) is 6.42 Å². The highest BCUT2D eigenvalue weighted by atomic mass is 16.5. The second kappa shape index (κ2) is 8.43. The van der Waals surface area contributed by atoms with Crippen LogP contribution in [0.15, 0.2) is 34.9 Å². The summed E-state index contributed by atoms with van der Waals surface area (Å²) in [5, 5.41) is 24.0. The van der Waals surface area contributed by atoms with E-state index in [-0.39, 0.29) is 11.3 Å². The van der Waals surface area contributed by atoms with Gasteiger partial charge in [0, 0.05) is 24.2 Å². The van der Waals surface area contributed by atoms with Gasteiger partial charge in [-0.15, -0.1) is 10.2 Å². The predicted octanol–water partition coefficient (Wildman–Crippen LogP) is 4.83. The van der Waals surface area contributed by atoms with E-state index in [0.29, 0.717) is 40.3 Å². The molecule has 1 fully saturated rings. The first-order chi connectivity index (χ1) is 15.2. The van der Waals surface area contributed by atoms with E-state index < -0.39 is 0 Å². The molecule has 0 amide bonds. The largest absolute Gasteiger partial charge is 0.507 e. The summed E-state index contributed by atoms with van der Waals surface area (Å²) in [6.45, 7) is 8.60. The molecule has 0 aliphatic carbocycles. The molecule has 1 unspecified atom stereocenters. The van der Waals surface area contributed by atoms with Crippen LogP contribution in [0.5, 0.6) is 11.5 Å². The molecule has 3 heterocycles. The highest BCUT2D eigenvalue weighted by Crippen LogP contribution is 2.43. The van der Waals surface area contributed by atoms with Crippen LogP contribution in [0.4, 0.5) is 5.82 Å². The minimum atomic E-state index is 0.0260. The SMILES string of the molecule is COc1c(-c2ccc(N(C)N3C(C)CCCC3(C)C)nn2)ccc(O)c1-c1ncc(C)o1. The molecule has 1 N–H and O–H groups in total. The first-order valence-corrected chi connectivity index (χ1v) is 10.9.